The first-order valence-corrected chi connectivity index (χ1v) is 10.0. The lowest BCUT2D eigenvalue weighted by molar-refractivity contribution is -0.138. The molecule has 1 aliphatic heterocycles. The van der Waals surface area contributed by atoms with Crippen LogP contribution in [-0.2, 0) is 23.2 Å². The maximum atomic E-state index is 13.0. The predicted octanol–water partition coefficient (Wildman–Crippen LogP) is 4.35. The molecule has 1 heterocycles. The summed E-state index contributed by atoms with van der Waals surface area (Å²) >= 11 is 0. The van der Waals surface area contributed by atoms with Gasteiger partial charge in [-0.1, -0.05) is 32.9 Å². The molecule has 2 aromatic rings. The standard InChI is InChI=1S/C24H31NO4/c1-16(29-20-9-7-19(8-10-20)24(2,3)4)23(26)25-12-11-17-13-21(27-5)22(28-6)14-18(17)15-25/h7-10,13-14,16H,11-12,15H2,1-6H3. The molecule has 1 aliphatic rings. The van der Waals surface area contributed by atoms with Crippen LogP contribution in [0.3, 0.4) is 0 Å². The number of carbonyl (C=O) groups is 1. The van der Waals surface area contributed by atoms with E-state index < -0.39 is 6.10 Å². The number of hydrogen-bond acceptors (Lipinski definition) is 4. The van der Waals surface area contributed by atoms with Gasteiger partial charge in [-0.25, -0.2) is 0 Å². The van der Waals surface area contributed by atoms with E-state index in [1.54, 1.807) is 14.2 Å². The van der Waals surface area contributed by atoms with Crippen molar-refractivity contribution in [2.45, 2.75) is 52.2 Å². The highest BCUT2D eigenvalue weighted by Crippen LogP contribution is 2.33. The average molecular weight is 398 g/mol. The summed E-state index contributed by atoms with van der Waals surface area (Å²) in [5, 5.41) is 0. The molecule has 0 saturated heterocycles. The van der Waals surface area contributed by atoms with Crippen molar-refractivity contribution in [2.24, 2.45) is 0 Å². The van der Waals surface area contributed by atoms with Gasteiger partial charge in [0.15, 0.2) is 17.6 Å². The lowest BCUT2D eigenvalue weighted by Crippen LogP contribution is -2.43. The number of methoxy groups -OCH3 is 2. The zero-order valence-electron chi connectivity index (χ0n) is 18.2. The Morgan fingerprint density at radius 3 is 2.14 bits per heavy atom. The highest BCUT2D eigenvalue weighted by atomic mass is 16.5. The highest BCUT2D eigenvalue weighted by Gasteiger charge is 2.27. The summed E-state index contributed by atoms with van der Waals surface area (Å²) in [4.78, 5) is 14.8. The van der Waals surface area contributed by atoms with E-state index in [1.807, 2.05) is 36.1 Å². The molecule has 0 spiro atoms. The Kier molecular flexibility index (Phi) is 6.06. The minimum absolute atomic E-state index is 0.00895. The first-order valence-electron chi connectivity index (χ1n) is 10.0. The van der Waals surface area contributed by atoms with Crippen LogP contribution in [0.5, 0.6) is 17.2 Å². The molecule has 0 saturated carbocycles. The highest BCUT2D eigenvalue weighted by molar-refractivity contribution is 5.81. The van der Waals surface area contributed by atoms with Crippen LogP contribution in [0.2, 0.25) is 0 Å². The first kappa shape index (κ1) is 21.0. The molecule has 1 amide bonds. The van der Waals surface area contributed by atoms with E-state index in [1.165, 1.54) is 11.1 Å². The molecule has 0 bridgehead atoms. The van der Waals surface area contributed by atoms with Crippen LogP contribution in [-0.4, -0.2) is 37.7 Å². The Morgan fingerprint density at radius 2 is 1.59 bits per heavy atom. The summed E-state index contributed by atoms with van der Waals surface area (Å²) in [5.41, 5.74) is 3.60. The van der Waals surface area contributed by atoms with Gasteiger partial charge in [0.2, 0.25) is 0 Å². The Balaban J connectivity index is 1.68. The molecular weight excluding hydrogens is 366 g/mol. The maximum Gasteiger partial charge on any atom is 0.263 e. The van der Waals surface area contributed by atoms with Crippen LogP contribution in [0.1, 0.15) is 44.4 Å². The molecule has 1 atom stereocenters. The van der Waals surface area contributed by atoms with Crippen molar-refractivity contribution < 1.29 is 19.0 Å². The quantitative estimate of drug-likeness (QED) is 0.752. The third-order valence-corrected chi connectivity index (χ3v) is 5.41. The van der Waals surface area contributed by atoms with Crippen molar-refractivity contribution in [3.05, 3.63) is 53.1 Å². The first-order chi connectivity index (χ1) is 13.7. The molecule has 29 heavy (non-hydrogen) atoms. The summed E-state index contributed by atoms with van der Waals surface area (Å²) in [6, 6.07) is 12.0. The normalized spacial score (nSPS) is 14.8. The molecule has 0 N–H and O–H groups in total. The second kappa shape index (κ2) is 8.36. The molecule has 3 rings (SSSR count). The molecule has 2 aromatic carbocycles. The van der Waals surface area contributed by atoms with Crippen LogP contribution in [0.25, 0.3) is 0 Å². The average Bonchev–Trinajstić information content (AvgIpc) is 2.71. The minimum Gasteiger partial charge on any atom is -0.493 e. The van der Waals surface area contributed by atoms with Crippen molar-refractivity contribution in [3.8, 4) is 17.2 Å². The Morgan fingerprint density at radius 1 is 1.00 bits per heavy atom. The van der Waals surface area contributed by atoms with E-state index in [-0.39, 0.29) is 11.3 Å². The maximum absolute atomic E-state index is 13.0. The van der Waals surface area contributed by atoms with Gasteiger partial charge in [0.05, 0.1) is 14.2 Å². The summed E-state index contributed by atoms with van der Waals surface area (Å²) in [6.07, 6.45) is 0.242. The number of amides is 1. The number of hydrogen-bond donors (Lipinski definition) is 0. The molecule has 5 heteroatoms. The van der Waals surface area contributed by atoms with Crippen molar-refractivity contribution in [3.63, 3.8) is 0 Å². The third kappa shape index (κ3) is 4.66. The summed E-state index contributed by atoms with van der Waals surface area (Å²) in [7, 11) is 3.26. The summed E-state index contributed by atoms with van der Waals surface area (Å²) in [6.45, 7) is 9.54. The number of carbonyl (C=O) groups excluding carboxylic acids is 1. The van der Waals surface area contributed by atoms with Gasteiger partial charge in [-0.15, -0.1) is 0 Å². The van der Waals surface area contributed by atoms with Crippen molar-refractivity contribution in [1.29, 1.82) is 0 Å². The van der Waals surface area contributed by atoms with E-state index in [2.05, 4.69) is 32.9 Å². The Labute approximate surface area is 173 Å². The molecule has 156 valence electrons. The largest absolute Gasteiger partial charge is 0.493 e. The molecule has 0 aromatic heterocycles. The molecule has 0 fully saturated rings. The van der Waals surface area contributed by atoms with Crippen LogP contribution in [0.15, 0.2) is 36.4 Å². The molecular formula is C24H31NO4. The second-order valence-electron chi connectivity index (χ2n) is 8.52. The Bertz CT molecular complexity index is 868. The molecule has 0 aliphatic carbocycles. The van der Waals surface area contributed by atoms with E-state index in [0.717, 1.165) is 17.7 Å². The summed E-state index contributed by atoms with van der Waals surface area (Å²) < 4.78 is 16.7. The van der Waals surface area contributed by atoms with Gasteiger partial charge in [0.1, 0.15) is 5.75 Å². The van der Waals surface area contributed by atoms with Crippen LogP contribution in [0.4, 0.5) is 0 Å². The van der Waals surface area contributed by atoms with E-state index in [0.29, 0.717) is 24.6 Å². The van der Waals surface area contributed by atoms with Gasteiger partial charge in [-0.3, -0.25) is 4.79 Å². The van der Waals surface area contributed by atoms with E-state index >= 15 is 0 Å². The smallest absolute Gasteiger partial charge is 0.263 e. The molecule has 1 unspecified atom stereocenters. The predicted molar refractivity (Wildman–Crippen MR) is 114 cm³/mol. The lowest BCUT2D eigenvalue weighted by Gasteiger charge is -2.31. The van der Waals surface area contributed by atoms with Crippen molar-refractivity contribution in [2.75, 3.05) is 20.8 Å². The van der Waals surface area contributed by atoms with Gasteiger partial charge >= 0.3 is 0 Å². The van der Waals surface area contributed by atoms with Crippen LogP contribution >= 0.6 is 0 Å². The van der Waals surface area contributed by atoms with Crippen LogP contribution in [0, 0.1) is 0 Å². The van der Waals surface area contributed by atoms with Gasteiger partial charge in [0, 0.05) is 13.1 Å². The number of fused-ring (bicyclic) bond motifs is 1. The topological polar surface area (TPSA) is 48.0 Å². The monoisotopic (exact) mass is 397 g/mol. The lowest BCUT2D eigenvalue weighted by atomic mass is 9.87. The van der Waals surface area contributed by atoms with E-state index in [4.69, 9.17) is 14.2 Å². The van der Waals surface area contributed by atoms with Gasteiger partial charge < -0.3 is 19.1 Å². The third-order valence-electron chi connectivity index (χ3n) is 5.41. The number of rotatable bonds is 5. The Hall–Kier alpha value is -2.69. The number of nitrogens with zero attached hydrogens (tertiary/aromatic N) is 1. The minimum atomic E-state index is -0.544. The zero-order chi connectivity index (χ0) is 21.2. The van der Waals surface area contributed by atoms with Crippen molar-refractivity contribution in [1.82, 2.24) is 4.90 Å². The molecule has 0 radical (unpaired) electrons. The summed E-state index contributed by atoms with van der Waals surface area (Å²) in [5.74, 6) is 2.11. The molecule has 5 nitrogen and oxygen atoms in total. The second-order valence-corrected chi connectivity index (χ2v) is 8.52. The zero-order valence-corrected chi connectivity index (χ0v) is 18.2. The van der Waals surface area contributed by atoms with Crippen molar-refractivity contribution >= 4 is 5.91 Å². The van der Waals surface area contributed by atoms with Crippen LogP contribution < -0.4 is 14.2 Å². The number of ether oxygens (including phenoxy) is 3. The van der Waals surface area contributed by atoms with Gasteiger partial charge in [0.25, 0.3) is 5.91 Å². The van der Waals surface area contributed by atoms with Gasteiger partial charge in [-0.2, -0.15) is 0 Å². The fraction of sp³-hybridized carbons (Fsp3) is 0.458. The SMILES string of the molecule is COc1cc2c(cc1OC)CN(C(=O)C(C)Oc1ccc(C(C)(C)C)cc1)CC2. The van der Waals surface area contributed by atoms with Gasteiger partial charge in [-0.05, 0) is 59.7 Å². The number of benzene rings is 2. The fourth-order valence-corrected chi connectivity index (χ4v) is 3.62. The fourth-order valence-electron chi connectivity index (χ4n) is 3.62. The van der Waals surface area contributed by atoms with E-state index in [9.17, 15) is 4.79 Å².